The monoisotopic (exact) mass is 502 g/mol. The fourth-order valence-corrected chi connectivity index (χ4v) is 5.33. The Hall–Kier alpha value is -3.65. The molecule has 2 heterocycles. The summed E-state index contributed by atoms with van der Waals surface area (Å²) in [6.45, 7) is 3.20. The van der Waals surface area contributed by atoms with E-state index in [-0.39, 0.29) is 17.7 Å². The molecule has 1 saturated carbocycles. The molecule has 2 aromatic carbocycles. The van der Waals surface area contributed by atoms with Crippen molar-refractivity contribution in [2.45, 2.75) is 51.2 Å². The summed E-state index contributed by atoms with van der Waals surface area (Å²) >= 11 is 0. The number of amides is 1. The Morgan fingerprint density at radius 2 is 1.97 bits per heavy atom. The summed E-state index contributed by atoms with van der Waals surface area (Å²) in [5, 5.41) is 11.2. The van der Waals surface area contributed by atoms with Gasteiger partial charge < -0.3 is 19.6 Å². The second-order valence-corrected chi connectivity index (χ2v) is 10.1. The molecule has 2 aliphatic rings. The average Bonchev–Trinajstić information content (AvgIpc) is 2.90. The number of fused-ring (bicyclic) bond motifs is 3. The zero-order chi connectivity index (χ0) is 26.1. The minimum atomic E-state index is -0.530. The topological polar surface area (TPSA) is 87.9 Å². The van der Waals surface area contributed by atoms with Crippen LogP contribution in [0.1, 0.15) is 55.3 Å². The standard InChI is InChI=1S/C29H34N4O4/c1-4-31(2)29(36)37-21-13-11-19(12-14-21)16-20-17-23-26(27-22(20)8-7-15-32(27)3)30-18-33(28(23)35)24-9-5-6-10-25(24)34/h7-8,11-14,17-18,24-25,34H,4-6,9-10,15-16H2,1-3H3/t24-,25-/m0/s1. The summed E-state index contributed by atoms with van der Waals surface area (Å²) in [7, 11) is 3.71. The van der Waals surface area contributed by atoms with Crippen molar-refractivity contribution in [3.63, 3.8) is 0 Å². The number of aliphatic hydroxyl groups is 1. The Morgan fingerprint density at radius 3 is 2.70 bits per heavy atom. The Morgan fingerprint density at radius 1 is 1.22 bits per heavy atom. The molecule has 3 aromatic rings. The highest BCUT2D eigenvalue weighted by Crippen LogP contribution is 2.36. The maximum absolute atomic E-state index is 13.7. The zero-order valence-electron chi connectivity index (χ0n) is 21.7. The summed E-state index contributed by atoms with van der Waals surface area (Å²) in [4.78, 5) is 34.2. The predicted octanol–water partition coefficient (Wildman–Crippen LogP) is 4.38. The molecule has 194 valence electrons. The van der Waals surface area contributed by atoms with E-state index in [1.165, 1.54) is 4.90 Å². The van der Waals surface area contributed by atoms with Crippen molar-refractivity contribution < 1.29 is 14.6 Å². The van der Waals surface area contributed by atoms with Crippen molar-refractivity contribution in [1.29, 1.82) is 0 Å². The Balaban J connectivity index is 1.53. The maximum atomic E-state index is 13.7. The number of nitrogens with zero attached hydrogens (tertiary/aromatic N) is 4. The number of hydrogen-bond acceptors (Lipinski definition) is 6. The van der Waals surface area contributed by atoms with E-state index in [0.29, 0.717) is 36.0 Å². The number of rotatable bonds is 5. The number of carbonyl (C=O) groups is 1. The maximum Gasteiger partial charge on any atom is 0.414 e. The number of likely N-dealkylation sites (N-methyl/N-ethyl adjacent to an activating group) is 1. The summed E-state index contributed by atoms with van der Waals surface area (Å²) in [5.41, 5.74) is 4.67. The third kappa shape index (κ3) is 4.85. The first kappa shape index (κ1) is 25.0. The molecule has 8 heteroatoms. The molecular formula is C29H34N4O4. The van der Waals surface area contributed by atoms with Gasteiger partial charge in [0.2, 0.25) is 0 Å². The van der Waals surface area contributed by atoms with E-state index >= 15 is 0 Å². The van der Waals surface area contributed by atoms with Gasteiger partial charge in [-0.15, -0.1) is 0 Å². The van der Waals surface area contributed by atoms with Crippen LogP contribution in [-0.2, 0) is 6.42 Å². The summed E-state index contributed by atoms with van der Waals surface area (Å²) in [5.74, 6) is 0.493. The first-order chi connectivity index (χ1) is 17.9. The fraction of sp³-hybridized carbons (Fsp3) is 0.414. The van der Waals surface area contributed by atoms with E-state index in [1.807, 2.05) is 32.2 Å². The number of benzene rings is 2. The van der Waals surface area contributed by atoms with Crippen molar-refractivity contribution in [3.8, 4) is 5.75 Å². The second kappa shape index (κ2) is 10.4. The molecule has 1 aromatic heterocycles. The number of anilines is 1. The zero-order valence-corrected chi connectivity index (χ0v) is 21.7. The van der Waals surface area contributed by atoms with Crippen molar-refractivity contribution in [1.82, 2.24) is 14.5 Å². The number of aliphatic hydroxyl groups excluding tert-OH is 1. The molecular weight excluding hydrogens is 468 g/mol. The van der Waals surface area contributed by atoms with Gasteiger partial charge in [0.05, 0.1) is 29.5 Å². The molecule has 8 nitrogen and oxygen atoms in total. The third-order valence-electron chi connectivity index (χ3n) is 7.58. The number of ether oxygens (including phenoxy) is 1. The van der Waals surface area contributed by atoms with Crippen LogP contribution in [0.4, 0.5) is 10.5 Å². The van der Waals surface area contributed by atoms with E-state index in [2.05, 4.69) is 17.1 Å². The number of hydrogen-bond donors (Lipinski definition) is 1. The molecule has 1 amide bonds. The highest BCUT2D eigenvalue weighted by atomic mass is 16.6. The summed E-state index contributed by atoms with van der Waals surface area (Å²) in [6.07, 6.45) is 8.99. The van der Waals surface area contributed by atoms with Gasteiger partial charge in [-0.3, -0.25) is 9.36 Å². The molecule has 1 aliphatic carbocycles. The Labute approximate surface area is 216 Å². The van der Waals surface area contributed by atoms with Crippen LogP contribution in [0.15, 0.2) is 47.5 Å². The largest absolute Gasteiger partial charge is 0.414 e. The van der Waals surface area contributed by atoms with Gasteiger partial charge in [-0.1, -0.05) is 37.1 Å². The van der Waals surface area contributed by atoms with Gasteiger partial charge in [-0.2, -0.15) is 0 Å². The predicted molar refractivity (Wildman–Crippen MR) is 145 cm³/mol. The molecule has 5 rings (SSSR count). The van der Waals surface area contributed by atoms with E-state index in [1.54, 1.807) is 30.1 Å². The lowest BCUT2D eigenvalue weighted by Crippen LogP contribution is -2.35. The van der Waals surface area contributed by atoms with Gasteiger partial charge in [-0.25, -0.2) is 9.78 Å². The first-order valence-electron chi connectivity index (χ1n) is 13.0. The molecule has 0 saturated heterocycles. The molecule has 37 heavy (non-hydrogen) atoms. The summed E-state index contributed by atoms with van der Waals surface area (Å²) < 4.78 is 7.06. The Kier molecular flexibility index (Phi) is 7.02. The Bertz CT molecular complexity index is 1400. The van der Waals surface area contributed by atoms with E-state index in [4.69, 9.17) is 9.72 Å². The van der Waals surface area contributed by atoms with Crippen molar-refractivity contribution in [3.05, 3.63) is 69.8 Å². The van der Waals surface area contributed by atoms with Gasteiger partial charge in [0.15, 0.2) is 0 Å². The lowest BCUT2D eigenvalue weighted by Gasteiger charge is -2.30. The molecule has 1 N–H and O–H groups in total. The van der Waals surface area contributed by atoms with Crippen LogP contribution >= 0.6 is 0 Å². The minimum Gasteiger partial charge on any atom is -0.410 e. The SMILES string of the molecule is CCN(C)C(=O)Oc1ccc(Cc2cc3c(=O)n([C@H]4CCCC[C@@H]4O)cnc3c3c2C=CCN3C)cc1. The second-order valence-electron chi connectivity index (χ2n) is 10.1. The smallest absolute Gasteiger partial charge is 0.410 e. The molecule has 0 unspecified atom stereocenters. The van der Waals surface area contributed by atoms with Gasteiger partial charge in [-0.05, 0) is 55.5 Å². The lowest BCUT2D eigenvalue weighted by atomic mass is 9.91. The van der Waals surface area contributed by atoms with Crippen LogP contribution in [0.2, 0.25) is 0 Å². The molecule has 0 radical (unpaired) electrons. The molecule has 0 bridgehead atoms. The minimum absolute atomic E-state index is 0.106. The number of aromatic nitrogens is 2. The van der Waals surface area contributed by atoms with E-state index in [9.17, 15) is 14.7 Å². The quantitative estimate of drug-likeness (QED) is 0.557. The fourth-order valence-electron chi connectivity index (χ4n) is 5.33. The van der Waals surface area contributed by atoms with Crippen LogP contribution in [0.25, 0.3) is 17.0 Å². The molecule has 2 atom stereocenters. The molecule has 1 aliphatic heterocycles. The summed E-state index contributed by atoms with van der Waals surface area (Å²) in [6, 6.07) is 9.21. The van der Waals surface area contributed by atoms with E-state index < -0.39 is 6.10 Å². The molecule has 1 fully saturated rings. The first-order valence-corrected chi connectivity index (χ1v) is 13.0. The van der Waals surface area contributed by atoms with Crippen molar-refractivity contribution >= 4 is 28.8 Å². The highest BCUT2D eigenvalue weighted by Gasteiger charge is 2.27. The van der Waals surface area contributed by atoms with Crippen LogP contribution in [0.5, 0.6) is 5.75 Å². The number of carbonyl (C=O) groups excluding carboxylic acids is 1. The third-order valence-corrected chi connectivity index (χ3v) is 7.58. The van der Waals surface area contributed by atoms with Crippen molar-refractivity contribution in [2.24, 2.45) is 0 Å². The molecule has 0 spiro atoms. The van der Waals surface area contributed by atoms with Crippen LogP contribution in [-0.4, -0.2) is 58.9 Å². The van der Waals surface area contributed by atoms with Crippen LogP contribution < -0.4 is 15.2 Å². The lowest BCUT2D eigenvalue weighted by molar-refractivity contribution is 0.0735. The van der Waals surface area contributed by atoms with Crippen LogP contribution in [0, 0.1) is 0 Å². The highest BCUT2D eigenvalue weighted by molar-refractivity contribution is 5.97. The van der Waals surface area contributed by atoms with E-state index in [0.717, 1.165) is 48.2 Å². The van der Waals surface area contributed by atoms with Gasteiger partial charge in [0.25, 0.3) is 5.56 Å². The normalized spacial score (nSPS) is 19.1. The van der Waals surface area contributed by atoms with Gasteiger partial charge in [0, 0.05) is 32.7 Å². The van der Waals surface area contributed by atoms with Crippen LogP contribution in [0.3, 0.4) is 0 Å². The van der Waals surface area contributed by atoms with Gasteiger partial charge in [0.1, 0.15) is 11.3 Å². The van der Waals surface area contributed by atoms with Crippen molar-refractivity contribution in [2.75, 3.05) is 32.1 Å². The average molecular weight is 503 g/mol. The van der Waals surface area contributed by atoms with Gasteiger partial charge >= 0.3 is 6.09 Å².